The maximum atomic E-state index is 13.8. The molecule has 0 saturated carbocycles. The summed E-state index contributed by atoms with van der Waals surface area (Å²) in [4.78, 5) is 29.6. The van der Waals surface area contributed by atoms with Crippen LogP contribution in [0.3, 0.4) is 0 Å². The zero-order valence-electron chi connectivity index (χ0n) is 16.7. The normalized spacial score (nSPS) is 22.7. The predicted molar refractivity (Wildman–Crippen MR) is 114 cm³/mol. The summed E-state index contributed by atoms with van der Waals surface area (Å²) < 4.78 is 6.54. The van der Waals surface area contributed by atoms with E-state index in [1.165, 1.54) is 18.9 Å². The van der Waals surface area contributed by atoms with E-state index >= 15 is 0 Å². The van der Waals surface area contributed by atoms with Crippen LogP contribution in [0.4, 0.5) is 5.69 Å². The Hall–Kier alpha value is -1.51. The van der Waals surface area contributed by atoms with E-state index in [9.17, 15) is 14.9 Å². The lowest BCUT2D eigenvalue weighted by atomic mass is 9.77. The van der Waals surface area contributed by atoms with Crippen molar-refractivity contribution in [2.75, 3.05) is 45.9 Å². The average Bonchev–Trinajstić information content (AvgIpc) is 2.72. The largest absolute Gasteiger partial charge is 0.485 e. The molecule has 8 heteroatoms. The summed E-state index contributed by atoms with van der Waals surface area (Å²) in [6.07, 6.45) is 7.10. The molecule has 3 heterocycles. The van der Waals surface area contributed by atoms with Gasteiger partial charge in [-0.05, 0) is 57.9 Å². The molecule has 158 valence electrons. The van der Waals surface area contributed by atoms with Crippen LogP contribution in [-0.4, -0.2) is 66.4 Å². The molecule has 0 atom stereocenters. The summed E-state index contributed by atoms with van der Waals surface area (Å²) in [6, 6.07) is 3.10. The number of hydrogen-bond acceptors (Lipinski definition) is 6. The van der Waals surface area contributed by atoms with Gasteiger partial charge in [0.15, 0.2) is 5.78 Å². The number of benzene rings is 1. The summed E-state index contributed by atoms with van der Waals surface area (Å²) in [5.74, 6) is 0.107. The molecule has 7 nitrogen and oxygen atoms in total. The predicted octanol–water partition coefficient (Wildman–Crippen LogP) is 3.89. The molecule has 1 aromatic carbocycles. The van der Waals surface area contributed by atoms with Crippen LogP contribution in [-0.2, 0) is 0 Å². The van der Waals surface area contributed by atoms with Gasteiger partial charge in [0.2, 0.25) is 5.75 Å². The molecule has 3 aliphatic heterocycles. The third kappa shape index (κ3) is 4.34. The van der Waals surface area contributed by atoms with Crippen molar-refractivity contribution in [1.29, 1.82) is 0 Å². The zero-order chi connectivity index (χ0) is 20.4. The van der Waals surface area contributed by atoms with Crippen molar-refractivity contribution in [1.82, 2.24) is 9.80 Å². The molecule has 29 heavy (non-hydrogen) atoms. The van der Waals surface area contributed by atoms with Crippen molar-refractivity contribution in [2.45, 2.75) is 38.5 Å². The van der Waals surface area contributed by atoms with Gasteiger partial charge < -0.3 is 14.5 Å². The molecular weight excluding hydrogens is 438 g/mol. The average molecular weight is 466 g/mol. The number of ketones is 1. The van der Waals surface area contributed by atoms with Crippen LogP contribution in [0.2, 0.25) is 0 Å². The van der Waals surface area contributed by atoms with Gasteiger partial charge in [-0.2, -0.15) is 0 Å². The van der Waals surface area contributed by atoms with Crippen LogP contribution in [0.5, 0.6) is 5.75 Å². The fourth-order valence-corrected chi connectivity index (χ4v) is 5.42. The third-order valence-electron chi connectivity index (χ3n) is 6.40. The van der Waals surface area contributed by atoms with E-state index in [1.807, 2.05) is 0 Å². The highest BCUT2D eigenvalue weighted by Crippen LogP contribution is 2.43. The summed E-state index contributed by atoms with van der Waals surface area (Å²) in [5.41, 5.74) is -0.491. The highest BCUT2D eigenvalue weighted by molar-refractivity contribution is 9.10. The summed E-state index contributed by atoms with van der Waals surface area (Å²) in [7, 11) is 0. The Morgan fingerprint density at radius 2 is 1.55 bits per heavy atom. The van der Waals surface area contributed by atoms with Crippen molar-refractivity contribution in [3.63, 3.8) is 0 Å². The fraction of sp³-hybridized carbons (Fsp3) is 0.667. The Morgan fingerprint density at radius 1 is 1.00 bits per heavy atom. The standard InChI is InChI=1S/C21H28BrN3O4/c22-16-11-17-19(18(12-16)25(27)28)29-15-21(20(17)26,13-23-7-3-1-4-8-23)14-24-9-5-2-6-10-24/h11-12H,1-10,13-15H2. The van der Waals surface area contributed by atoms with Gasteiger partial charge >= 0.3 is 5.69 Å². The van der Waals surface area contributed by atoms with E-state index in [2.05, 4.69) is 25.7 Å². The van der Waals surface area contributed by atoms with Gasteiger partial charge in [0.05, 0.1) is 15.9 Å². The monoisotopic (exact) mass is 465 g/mol. The summed E-state index contributed by atoms with van der Waals surface area (Å²) in [6.45, 7) is 5.51. The van der Waals surface area contributed by atoms with Crippen LogP contribution in [0.1, 0.15) is 48.9 Å². The Labute approximate surface area is 179 Å². The highest BCUT2D eigenvalue weighted by Gasteiger charge is 2.48. The van der Waals surface area contributed by atoms with Crippen LogP contribution in [0.25, 0.3) is 0 Å². The molecular formula is C21H28BrN3O4. The van der Waals surface area contributed by atoms with Crippen molar-refractivity contribution in [2.24, 2.45) is 5.41 Å². The second-order valence-electron chi connectivity index (χ2n) is 8.63. The van der Waals surface area contributed by atoms with Crippen molar-refractivity contribution < 1.29 is 14.5 Å². The first-order valence-electron chi connectivity index (χ1n) is 10.6. The van der Waals surface area contributed by atoms with E-state index in [1.54, 1.807) is 6.07 Å². The van der Waals surface area contributed by atoms with Gasteiger partial charge in [0.1, 0.15) is 6.61 Å². The minimum atomic E-state index is -0.684. The Morgan fingerprint density at radius 3 is 2.07 bits per heavy atom. The molecule has 0 N–H and O–H groups in total. The number of halogens is 1. The van der Waals surface area contributed by atoms with Gasteiger partial charge in [0, 0.05) is 23.6 Å². The van der Waals surface area contributed by atoms with Crippen LogP contribution in [0.15, 0.2) is 16.6 Å². The number of hydrogen-bond donors (Lipinski definition) is 0. The smallest absolute Gasteiger partial charge is 0.312 e. The molecule has 0 amide bonds. The van der Waals surface area contributed by atoms with Gasteiger partial charge in [0.25, 0.3) is 0 Å². The van der Waals surface area contributed by atoms with Crippen molar-refractivity contribution >= 4 is 27.4 Å². The Bertz CT molecular complexity index is 768. The zero-order valence-corrected chi connectivity index (χ0v) is 18.3. The first-order chi connectivity index (χ1) is 14.0. The fourth-order valence-electron chi connectivity index (χ4n) is 4.97. The maximum Gasteiger partial charge on any atom is 0.312 e. The number of Topliss-reactive ketones (excluding diaryl/α,β-unsaturated/α-hetero) is 1. The molecule has 0 bridgehead atoms. The lowest BCUT2D eigenvalue weighted by molar-refractivity contribution is -0.386. The number of carbonyl (C=O) groups is 1. The van der Waals surface area contributed by atoms with Crippen LogP contribution < -0.4 is 4.74 Å². The molecule has 3 aliphatic rings. The number of ether oxygens (including phenoxy) is 1. The molecule has 1 aromatic rings. The topological polar surface area (TPSA) is 75.9 Å². The maximum absolute atomic E-state index is 13.8. The van der Waals surface area contributed by atoms with Crippen molar-refractivity contribution in [3.05, 3.63) is 32.3 Å². The molecule has 2 fully saturated rings. The lowest BCUT2D eigenvalue weighted by Crippen LogP contribution is -2.56. The summed E-state index contributed by atoms with van der Waals surface area (Å²) in [5, 5.41) is 11.5. The van der Waals surface area contributed by atoms with Crippen LogP contribution >= 0.6 is 15.9 Å². The molecule has 0 radical (unpaired) electrons. The second kappa shape index (κ2) is 8.70. The van der Waals surface area contributed by atoms with E-state index in [4.69, 9.17) is 4.74 Å². The molecule has 4 rings (SSSR count). The van der Waals surface area contributed by atoms with E-state index in [0.29, 0.717) is 23.1 Å². The summed E-state index contributed by atoms with van der Waals surface area (Å²) >= 11 is 3.34. The molecule has 0 spiro atoms. The number of fused-ring (bicyclic) bond motifs is 1. The lowest BCUT2D eigenvalue weighted by Gasteiger charge is -2.44. The Kier molecular flexibility index (Phi) is 6.22. The first-order valence-corrected chi connectivity index (χ1v) is 11.4. The number of carbonyl (C=O) groups excluding carboxylic acids is 1. The van der Waals surface area contributed by atoms with Crippen LogP contribution in [0, 0.1) is 15.5 Å². The number of nitro benzene ring substituents is 1. The SMILES string of the molecule is O=C1c2cc(Br)cc([N+](=O)[O-])c2OCC1(CN1CCCCC1)CN1CCCCC1. The van der Waals surface area contributed by atoms with Crippen molar-refractivity contribution in [3.8, 4) is 5.75 Å². The highest BCUT2D eigenvalue weighted by atomic mass is 79.9. The number of nitro groups is 1. The molecule has 0 unspecified atom stereocenters. The number of likely N-dealkylation sites (tertiary alicyclic amines) is 2. The quantitative estimate of drug-likeness (QED) is 0.484. The first kappa shape index (κ1) is 20.8. The number of rotatable bonds is 5. The van der Waals surface area contributed by atoms with E-state index in [0.717, 1.165) is 51.9 Å². The van der Waals surface area contributed by atoms with E-state index < -0.39 is 10.3 Å². The minimum absolute atomic E-state index is 0.0145. The molecule has 0 aliphatic carbocycles. The Balaban J connectivity index is 1.69. The molecule has 2 saturated heterocycles. The molecule has 0 aromatic heterocycles. The van der Waals surface area contributed by atoms with Gasteiger partial charge in [-0.25, -0.2) is 0 Å². The number of nitrogens with zero attached hydrogens (tertiary/aromatic N) is 3. The van der Waals surface area contributed by atoms with Gasteiger partial charge in [-0.3, -0.25) is 14.9 Å². The third-order valence-corrected chi connectivity index (χ3v) is 6.86. The van der Waals surface area contributed by atoms with Gasteiger partial charge in [-0.15, -0.1) is 0 Å². The number of piperidine rings is 2. The van der Waals surface area contributed by atoms with E-state index in [-0.39, 0.29) is 23.8 Å². The second-order valence-corrected chi connectivity index (χ2v) is 9.55. The van der Waals surface area contributed by atoms with Gasteiger partial charge in [-0.1, -0.05) is 28.8 Å². The minimum Gasteiger partial charge on any atom is -0.485 e.